The number of aryl methyl sites for hydroxylation is 2. The Balaban J connectivity index is 1.51. The number of aliphatic imine (C=N–C) groups is 1. The number of oxazole rings is 1. The van der Waals surface area contributed by atoms with E-state index >= 15 is 0 Å². The summed E-state index contributed by atoms with van der Waals surface area (Å²) in [5.41, 5.74) is 3.39. The molecule has 0 atom stereocenters. The van der Waals surface area contributed by atoms with Crippen molar-refractivity contribution in [2.24, 2.45) is 4.99 Å². The van der Waals surface area contributed by atoms with Gasteiger partial charge in [0.1, 0.15) is 5.76 Å². The van der Waals surface area contributed by atoms with Crippen LogP contribution in [0.15, 0.2) is 39.9 Å². The van der Waals surface area contributed by atoms with Gasteiger partial charge in [-0.1, -0.05) is 18.2 Å². The van der Waals surface area contributed by atoms with Crippen LogP contribution in [0.2, 0.25) is 0 Å². The van der Waals surface area contributed by atoms with Crippen LogP contribution in [-0.2, 0) is 13.0 Å². The fourth-order valence-corrected chi connectivity index (χ4v) is 2.65. The topological polar surface area (TPSA) is 78.2 Å². The van der Waals surface area contributed by atoms with Crippen LogP contribution >= 0.6 is 0 Å². The summed E-state index contributed by atoms with van der Waals surface area (Å²) in [5, 5.41) is 7.81. The largest absolute Gasteiger partial charge is 0.444 e. The molecule has 2 heterocycles. The molecule has 3 aromatic rings. The quantitative estimate of drug-likeness (QED) is 0.498. The Labute approximate surface area is 141 Å². The third kappa shape index (κ3) is 3.59. The van der Waals surface area contributed by atoms with Gasteiger partial charge in [0.2, 0.25) is 5.89 Å². The zero-order chi connectivity index (χ0) is 16.9. The molecule has 24 heavy (non-hydrogen) atoms. The van der Waals surface area contributed by atoms with Gasteiger partial charge in [-0.25, -0.2) is 4.98 Å². The summed E-state index contributed by atoms with van der Waals surface area (Å²) in [6, 6.07) is 8.33. The number of fused-ring (bicyclic) bond motifs is 1. The maximum Gasteiger partial charge on any atom is 0.214 e. The molecule has 3 rings (SSSR count). The maximum absolute atomic E-state index is 5.56. The minimum atomic E-state index is 0.515. The molecule has 6 nitrogen and oxygen atoms in total. The third-order valence-corrected chi connectivity index (χ3v) is 4.07. The summed E-state index contributed by atoms with van der Waals surface area (Å²) in [7, 11) is 1.76. The Kier molecular flexibility index (Phi) is 4.84. The standard InChI is InChI=1S/C18H23N5O/c1-12-13(2)24-17(23-12)11-22-18(19-3)20-9-8-14-10-21-16-7-5-4-6-15(14)16/h4-7,10,21H,8-9,11H2,1-3H3,(H2,19,20,22). The van der Waals surface area contributed by atoms with Crippen molar-refractivity contribution in [2.45, 2.75) is 26.8 Å². The number of rotatable bonds is 5. The zero-order valence-electron chi connectivity index (χ0n) is 14.3. The van der Waals surface area contributed by atoms with Gasteiger partial charge in [0.05, 0.1) is 12.2 Å². The molecule has 0 saturated carbocycles. The lowest BCUT2D eigenvalue weighted by Gasteiger charge is -2.10. The second kappa shape index (κ2) is 7.21. The molecule has 0 unspecified atom stereocenters. The summed E-state index contributed by atoms with van der Waals surface area (Å²) in [6.07, 6.45) is 2.99. The van der Waals surface area contributed by atoms with E-state index < -0.39 is 0 Å². The molecular formula is C18H23N5O. The molecule has 126 valence electrons. The first kappa shape index (κ1) is 16.1. The molecule has 0 radical (unpaired) electrons. The Morgan fingerprint density at radius 2 is 2.08 bits per heavy atom. The molecule has 0 saturated heterocycles. The Hall–Kier alpha value is -2.76. The van der Waals surface area contributed by atoms with Crippen LogP contribution in [0.3, 0.4) is 0 Å². The van der Waals surface area contributed by atoms with E-state index in [-0.39, 0.29) is 0 Å². The van der Waals surface area contributed by atoms with Crippen LogP contribution in [0.5, 0.6) is 0 Å². The first-order valence-corrected chi connectivity index (χ1v) is 8.10. The number of hydrogen-bond donors (Lipinski definition) is 3. The smallest absolute Gasteiger partial charge is 0.214 e. The van der Waals surface area contributed by atoms with Crippen molar-refractivity contribution in [3.8, 4) is 0 Å². The van der Waals surface area contributed by atoms with Crippen molar-refractivity contribution in [2.75, 3.05) is 13.6 Å². The highest BCUT2D eigenvalue weighted by Gasteiger charge is 2.07. The van der Waals surface area contributed by atoms with E-state index in [2.05, 4.69) is 50.0 Å². The molecule has 0 aliphatic rings. The monoisotopic (exact) mass is 325 g/mol. The van der Waals surface area contributed by atoms with Crippen LogP contribution < -0.4 is 10.6 Å². The van der Waals surface area contributed by atoms with Gasteiger partial charge in [-0.3, -0.25) is 4.99 Å². The predicted octanol–water partition coefficient (Wildman–Crippen LogP) is 2.68. The van der Waals surface area contributed by atoms with E-state index in [0.717, 1.165) is 30.4 Å². The first-order chi connectivity index (χ1) is 11.7. The molecule has 3 N–H and O–H groups in total. The highest BCUT2D eigenvalue weighted by atomic mass is 16.4. The average molecular weight is 325 g/mol. The minimum absolute atomic E-state index is 0.515. The lowest BCUT2D eigenvalue weighted by molar-refractivity contribution is 0.464. The molecular weight excluding hydrogens is 302 g/mol. The highest BCUT2D eigenvalue weighted by Crippen LogP contribution is 2.17. The Morgan fingerprint density at radius 3 is 2.83 bits per heavy atom. The van der Waals surface area contributed by atoms with Crippen LogP contribution in [0.25, 0.3) is 10.9 Å². The molecule has 0 amide bonds. The molecule has 1 aromatic carbocycles. The second-order valence-electron chi connectivity index (χ2n) is 5.71. The number of aromatic nitrogens is 2. The second-order valence-corrected chi connectivity index (χ2v) is 5.71. The molecule has 6 heteroatoms. The summed E-state index contributed by atoms with van der Waals surface area (Å²) in [5.74, 6) is 2.27. The maximum atomic E-state index is 5.56. The lowest BCUT2D eigenvalue weighted by Crippen LogP contribution is -2.37. The van der Waals surface area contributed by atoms with E-state index in [1.54, 1.807) is 7.05 Å². The van der Waals surface area contributed by atoms with Gasteiger partial charge in [-0.2, -0.15) is 0 Å². The van der Waals surface area contributed by atoms with Crippen molar-refractivity contribution in [3.63, 3.8) is 0 Å². The summed E-state index contributed by atoms with van der Waals surface area (Å²) < 4.78 is 5.56. The minimum Gasteiger partial charge on any atom is -0.444 e. The fraction of sp³-hybridized carbons (Fsp3) is 0.333. The summed E-state index contributed by atoms with van der Waals surface area (Å²) in [4.78, 5) is 11.9. The van der Waals surface area contributed by atoms with Crippen LogP contribution in [0, 0.1) is 13.8 Å². The van der Waals surface area contributed by atoms with Gasteiger partial charge in [0, 0.05) is 30.7 Å². The van der Waals surface area contributed by atoms with Gasteiger partial charge in [0.15, 0.2) is 5.96 Å². The van der Waals surface area contributed by atoms with Gasteiger partial charge < -0.3 is 20.0 Å². The van der Waals surface area contributed by atoms with Crippen LogP contribution in [0.4, 0.5) is 0 Å². The normalized spacial score (nSPS) is 11.9. The van der Waals surface area contributed by atoms with Crippen molar-refractivity contribution < 1.29 is 4.42 Å². The molecule has 0 aliphatic heterocycles. The van der Waals surface area contributed by atoms with E-state index in [4.69, 9.17) is 4.42 Å². The van der Waals surface area contributed by atoms with Crippen LogP contribution in [0.1, 0.15) is 22.9 Å². The van der Waals surface area contributed by atoms with Crippen molar-refractivity contribution in [3.05, 3.63) is 53.4 Å². The fourth-order valence-electron chi connectivity index (χ4n) is 2.65. The predicted molar refractivity (Wildman–Crippen MR) is 96.2 cm³/mol. The average Bonchev–Trinajstić information content (AvgIpc) is 3.14. The van der Waals surface area contributed by atoms with Crippen molar-refractivity contribution in [1.29, 1.82) is 0 Å². The SMILES string of the molecule is CN=C(NCCc1c[nH]c2ccccc12)NCc1nc(C)c(C)o1. The molecule has 2 aromatic heterocycles. The number of nitrogens with zero attached hydrogens (tertiary/aromatic N) is 2. The molecule has 0 spiro atoms. The number of benzene rings is 1. The van der Waals surface area contributed by atoms with Crippen molar-refractivity contribution >= 4 is 16.9 Å². The molecule has 0 bridgehead atoms. The van der Waals surface area contributed by atoms with E-state index in [1.165, 1.54) is 16.5 Å². The number of nitrogens with one attached hydrogen (secondary N) is 3. The van der Waals surface area contributed by atoms with Crippen LogP contribution in [-0.4, -0.2) is 29.5 Å². The highest BCUT2D eigenvalue weighted by molar-refractivity contribution is 5.83. The first-order valence-electron chi connectivity index (χ1n) is 8.10. The van der Waals surface area contributed by atoms with Gasteiger partial charge in [-0.05, 0) is 31.9 Å². The number of aromatic amines is 1. The van der Waals surface area contributed by atoms with Gasteiger partial charge in [0.25, 0.3) is 0 Å². The summed E-state index contributed by atoms with van der Waals surface area (Å²) in [6.45, 7) is 5.17. The number of hydrogen-bond acceptors (Lipinski definition) is 3. The van der Waals surface area contributed by atoms with E-state index in [1.807, 2.05) is 19.9 Å². The molecule has 0 aliphatic carbocycles. The zero-order valence-corrected chi connectivity index (χ0v) is 14.3. The number of para-hydroxylation sites is 1. The van der Waals surface area contributed by atoms with E-state index in [9.17, 15) is 0 Å². The Bertz CT molecular complexity index is 827. The van der Waals surface area contributed by atoms with E-state index in [0.29, 0.717) is 12.4 Å². The third-order valence-electron chi connectivity index (χ3n) is 4.07. The van der Waals surface area contributed by atoms with Gasteiger partial charge in [-0.15, -0.1) is 0 Å². The number of H-pyrrole nitrogens is 1. The van der Waals surface area contributed by atoms with Crippen molar-refractivity contribution in [1.82, 2.24) is 20.6 Å². The number of guanidine groups is 1. The van der Waals surface area contributed by atoms with Gasteiger partial charge >= 0.3 is 0 Å². The Morgan fingerprint density at radius 1 is 1.25 bits per heavy atom. The summed E-state index contributed by atoms with van der Waals surface area (Å²) >= 11 is 0. The lowest BCUT2D eigenvalue weighted by atomic mass is 10.1. The molecule has 0 fully saturated rings.